The van der Waals surface area contributed by atoms with Crippen molar-refractivity contribution in [3.8, 4) is 0 Å². The Labute approximate surface area is 121 Å². The van der Waals surface area contributed by atoms with Gasteiger partial charge in [-0.15, -0.1) is 0 Å². The van der Waals surface area contributed by atoms with Crippen LogP contribution in [-0.2, 0) is 9.53 Å². The van der Waals surface area contributed by atoms with Crippen LogP contribution >= 0.6 is 0 Å². The third-order valence-corrected chi connectivity index (χ3v) is 2.91. The highest BCUT2D eigenvalue weighted by Crippen LogP contribution is 2.18. The molecular weight excluding hydrogens is 274 g/mol. The van der Waals surface area contributed by atoms with Crippen LogP contribution in [0.25, 0.3) is 0 Å². The van der Waals surface area contributed by atoms with E-state index in [9.17, 15) is 14.9 Å². The maximum absolute atomic E-state index is 11.5. The molecule has 7 heteroatoms. The van der Waals surface area contributed by atoms with Crippen LogP contribution in [-0.4, -0.2) is 23.7 Å². The van der Waals surface area contributed by atoms with Crippen molar-refractivity contribution in [2.75, 3.05) is 6.61 Å². The SMILES string of the molecule is O=C(COC1=CCCC1)N/N=C/c1ccccc1[N+](=O)[O-]. The summed E-state index contributed by atoms with van der Waals surface area (Å²) in [7, 11) is 0. The van der Waals surface area contributed by atoms with Crippen molar-refractivity contribution in [3.63, 3.8) is 0 Å². The third-order valence-electron chi connectivity index (χ3n) is 2.91. The number of nitro benzene ring substituents is 1. The van der Waals surface area contributed by atoms with Crippen molar-refractivity contribution in [1.29, 1.82) is 0 Å². The molecule has 21 heavy (non-hydrogen) atoms. The van der Waals surface area contributed by atoms with Crippen LogP contribution in [0, 0.1) is 10.1 Å². The van der Waals surface area contributed by atoms with E-state index < -0.39 is 10.8 Å². The molecule has 0 aromatic heterocycles. The molecule has 1 aliphatic carbocycles. The number of ether oxygens (including phenoxy) is 1. The van der Waals surface area contributed by atoms with Gasteiger partial charge in [0.25, 0.3) is 11.6 Å². The van der Waals surface area contributed by atoms with E-state index in [1.165, 1.54) is 12.3 Å². The van der Waals surface area contributed by atoms with E-state index in [1.807, 2.05) is 6.08 Å². The zero-order valence-corrected chi connectivity index (χ0v) is 11.3. The summed E-state index contributed by atoms with van der Waals surface area (Å²) in [6, 6.07) is 6.15. The molecule has 7 nitrogen and oxygen atoms in total. The number of hydrazone groups is 1. The summed E-state index contributed by atoms with van der Waals surface area (Å²) in [5.41, 5.74) is 2.53. The Morgan fingerprint density at radius 3 is 3.00 bits per heavy atom. The highest BCUT2D eigenvalue weighted by Gasteiger charge is 2.10. The molecular formula is C14H15N3O4. The Bertz CT molecular complexity index is 596. The van der Waals surface area contributed by atoms with Gasteiger partial charge in [-0.05, 0) is 25.0 Å². The smallest absolute Gasteiger partial charge is 0.278 e. The van der Waals surface area contributed by atoms with E-state index in [-0.39, 0.29) is 12.3 Å². The van der Waals surface area contributed by atoms with Crippen LogP contribution < -0.4 is 5.43 Å². The largest absolute Gasteiger partial charge is 0.488 e. The number of rotatable bonds is 6. The summed E-state index contributed by atoms with van der Waals surface area (Å²) in [5.74, 6) is 0.422. The van der Waals surface area contributed by atoms with Gasteiger partial charge in [0.15, 0.2) is 6.61 Å². The molecule has 0 aliphatic heterocycles. The number of benzene rings is 1. The minimum atomic E-state index is -0.501. The van der Waals surface area contributed by atoms with Gasteiger partial charge in [-0.2, -0.15) is 5.10 Å². The standard InChI is InChI=1S/C14H15N3O4/c18-14(10-21-12-6-2-3-7-12)16-15-9-11-5-1-4-8-13(11)17(19)20/h1,4-6,8-9H,2-3,7,10H2,(H,16,18)/b15-9+. The predicted octanol–water partition coefficient (Wildman–Crippen LogP) is 2.13. The van der Waals surface area contributed by atoms with Crippen LogP contribution in [0.1, 0.15) is 24.8 Å². The summed E-state index contributed by atoms with van der Waals surface area (Å²) in [6.45, 7) is -0.111. The first kappa shape index (κ1) is 14.7. The lowest BCUT2D eigenvalue weighted by atomic mass is 10.2. The van der Waals surface area contributed by atoms with E-state index in [2.05, 4.69) is 10.5 Å². The number of para-hydroxylation sites is 1. The average Bonchev–Trinajstić information content (AvgIpc) is 2.99. The molecule has 1 aromatic rings. The summed E-state index contributed by atoms with van der Waals surface area (Å²) < 4.78 is 5.30. The molecule has 0 saturated heterocycles. The molecule has 0 unspecified atom stereocenters. The first-order chi connectivity index (χ1) is 10.2. The van der Waals surface area contributed by atoms with E-state index in [0.29, 0.717) is 5.56 Å². The second-order valence-corrected chi connectivity index (χ2v) is 4.46. The van der Waals surface area contributed by atoms with Crippen molar-refractivity contribution in [1.82, 2.24) is 5.43 Å². The molecule has 0 spiro atoms. The van der Waals surface area contributed by atoms with Crippen molar-refractivity contribution in [2.24, 2.45) is 5.10 Å². The molecule has 0 saturated carbocycles. The second-order valence-electron chi connectivity index (χ2n) is 4.46. The molecule has 110 valence electrons. The Balaban J connectivity index is 1.84. The molecule has 1 amide bonds. The highest BCUT2D eigenvalue weighted by atomic mass is 16.6. The molecule has 0 heterocycles. The van der Waals surface area contributed by atoms with Crippen LogP contribution in [0.2, 0.25) is 0 Å². The van der Waals surface area contributed by atoms with Gasteiger partial charge in [-0.1, -0.05) is 12.1 Å². The van der Waals surface area contributed by atoms with Crippen LogP contribution in [0.15, 0.2) is 41.2 Å². The molecule has 0 radical (unpaired) electrons. The van der Waals surface area contributed by atoms with Gasteiger partial charge >= 0.3 is 0 Å². The monoisotopic (exact) mass is 289 g/mol. The van der Waals surface area contributed by atoms with Gasteiger partial charge in [0, 0.05) is 12.5 Å². The summed E-state index contributed by atoms with van der Waals surface area (Å²) in [6.07, 6.45) is 6.08. The number of hydrogen-bond donors (Lipinski definition) is 1. The van der Waals surface area contributed by atoms with Gasteiger partial charge in [-0.3, -0.25) is 14.9 Å². The quantitative estimate of drug-likeness (QED) is 0.493. The minimum Gasteiger partial charge on any atom is -0.488 e. The minimum absolute atomic E-state index is 0.0668. The zero-order chi connectivity index (χ0) is 15.1. The number of nitrogens with one attached hydrogen (secondary N) is 1. The van der Waals surface area contributed by atoms with E-state index in [4.69, 9.17) is 4.74 Å². The Morgan fingerprint density at radius 2 is 2.29 bits per heavy atom. The lowest BCUT2D eigenvalue weighted by Crippen LogP contribution is -2.22. The summed E-state index contributed by atoms with van der Waals surface area (Å²) in [5, 5.41) is 14.5. The first-order valence-corrected chi connectivity index (χ1v) is 6.54. The number of carbonyl (C=O) groups is 1. The highest BCUT2D eigenvalue weighted by molar-refractivity contribution is 5.86. The van der Waals surface area contributed by atoms with Crippen LogP contribution in [0.5, 0.6) is 0 Å². The third kappa shape index (κ3) is 4.41. The van der Waals surface area contributed by atoms with E-state index in [0.717, 1.165) is 25.0 Å². The lowest BCUT2D eigenvalue weighted by molar-refractivity contribution is -0.385. The Morgan fingerprint density at radius 1 is 1.48 bits per heavy atom. The molecule has 1 aromatic carbocycles. The molecule has 2 rings (SSSR count). The lowest BCUT2D eigenvalue weighted by Gasteiger charge is -2.04. The van der Waals surface area contributed by atoms with E-state index >= 15 is 0 Å². The van der Waals surface area contributed by atoms with Gasteiger partial charge in [-0.25, -0.2) is 5.43 Å². The molecule has 0 fully saturated rings. The van der Waals surface area contributed by atoms with Crippen molar-refractivity contribution >= 4 is 17.8 Å². The number of allylic oxidation sites excluding steroid dienone is 2. The molecule has 1 N–H and O–H groups in total. The van der Waals surface area contributed by atoms with Crippen LogP contribution in [0.4, 0.5) is 5.69 Å². The zero-order valence-electron chi connectivity index (χ0n) is 11.3. The van der Waals surface area contributed by atoms with Crippen molar-refractivity contribution in [2.45, 2.75) is 19.3 Å². The summed E-state index contributed by atoms with van der Waals surface area (Å²) >= 11 is 0. The fourth-order valence-corrected chi connectivity index (χ4v) is 1.90. The van der Waals surface area contributed by atoms with Gasteiger partial charge in [0.05, 0.1) is 22.5 Å². The van der Waals surface area contributed by atoms with Gasteiger partial charge in [0.1, 0.15) is 0 Å². The topological polar surface area (TPSA) is 93.8 Å². The van der Waals surface area contributed by atoms with Gasteiger partial charge < -0.3 is 4.74 Å². The molecule has 0 bridgehead atoms. The average molecular weight is 289 g/mol. The fraction of sp³-hybridized carbons (Fsp3) is 0.286. The predicted molar refractivity (Wildman–Crippen MR) is 76.7 cm³/mol. The molecule has 0 atom stereocenters. The van der Waals surface area contributed by atoms with E-state index in [1.54, 1.807) is 18.2 Å². The van der Waals surface area contributed by atoms with Crippen molar-refractivity contribution in [3.05, 3.63) is 51.8 Å². The summed E-state index contributed by atoms with van der Waals surface area (Å²) in [4.78, 5) is 21.8. The van der Waals surface area contributed by atoms with Gasteiger partial charge in [0.2, 0.25) is 0 Å². The maximum Gasteiger partial charge on any atom is 0.278 e. The van der Waals surface area contributed by atoms with Crippen LogP contribution in [0.3, 0.4) is 0 Å². The number of hydrogen-bond acceptors (Lipinski definition) is 5. The number of amides is 1. The number of carbonyl (C=O) groups excluding carboxylic acids is 1. The molecule has 1 aliphatic rings. The number of nitro groups is 1. The Kier molecular flexibility index (Phi) is 5.03. The Hall–Kier alpha value is -2.70. The number of nitrogens with zero attached hydrogens (tertiary/aromatic N) is 2. The fourth-order valence-electron chi connectivity index (χ4n) is 1.90. The maximum atomic E-state index is 11.5. The second kappa shape index (κ2) is 7.18. The normalized spacial score (nSPS) is 14.0. The van der Waals surface area contributed by atoms with Crippen molar-refractivity contribution < 1.29 is 14.5 Å². The first-order valence-electron chi connectivity index (χ1n) is 6.54.